The van der Waals surface area contributed by atoms with Crippen LogP contribution in [0.5, 0.6) is 46.0 Å². The van der Waals surface area contributed by atoms with E-state index in [9.17, 15) is 0 Å². The van der Waals surface area contributed by atoms with E-state index in [1.54, 1.807) is 35.5 Å². The summed E-state index contributed by atoms with van der Waals surface area (Å²) in [6.07, 6.45) is 1.15. The van der Waals surface area contributed by atoms with E-state index in [-0.39, 0.29) is 5.91 Å². The van der Waals surface area contributed by atoms with Gasteiger partial charge in [-0.3, -0.25) is 4.79 Å². The summed E-state index contributed by atoms with van der Waals surface area (Å²) >= 11 is 3.97. The SMILES string of the molecule is COc1ccc(CCNC(=O)c2c(-c3cc(OC)c(OCc4ccccc4)cc3Br)c(-c3ccc(OCc4ccccc4)c(OC)c3)c3n2CCc2cc(OCc4ccccc4)c(OC)cc2-3)cc1OC. The molecule has 1 aromatic heterocycles. The molecule has 0 aliphatic carbocycles. The second-order valence-electron chi connectivity index (χ2n) is 16.9. The number of ether oxygens (including phenoxy) is 8. The molecule has 0 radical (unpaired) electrons. The summed E-state index contributed by atoms with van der Waals surface area (Å²) in [5.41, 5.74) is 10.3. The number of hydrogen-bond acceptors (Lipinski definition) is 9. The van der Waals surface area contributed by atoms with Crippen LogP contribution >= 0.6 is 15.9 Å². The second-order valence-corrected chi connectivity index (χ2v) is 17.7. The molecule has 0 bridgehead atoms. The lowest BCUT2D eigenvalue weighted by molar-refractivity contribution is 0.0945. The number of aromatic nitrogens is 1. The van der Waals surface area contributed by atoms with Gasteiger partial charge in [-0.05, 0) is 94.8 Å². The predicted molar refractivity (Wildman–Crippen MR) is 280 cm³/mol. The highest BCUT2D eigenvalue weighted by atomic mass is 79.9. The van der Waals surface area contributed by atoms with Gasteiger partial charge in [0.2, 0.25) is 0 Å². The Morgan fingerprint density at radius 2 is 1.01 bits per heavy atom. The minimum atomic E-state index is -0.253. The molecular weight excluding hydrogens is 961 g/mol. The molecule has 8 aromatic rings. The van der Waals surface area contributed by atoms with Crippen LogP contribution < -0.4 is 43.2 Å². The van der Waals surface area contributed by atoms with Crippen LogP contribution in [0.3, 0.4) is 0 Å². The van der Waals surface area contributed by atoms with Crippen molar-refractivity contribution >= 4 is 21.8 Å². The number of fused-ring (bicyclic) bond motifs is 3. The predicted octanol–water partition coefficient (Wildman–Crippen LogP) is 12.6. The molecule has 11 nitrogen and oxygen atoms in total. The Morgan fingerprint density at radius 1 is 0.507 bits per heavy atom. The summed E-state index contributed by atoms with van der Waals surface area (Å²) in [4.78, 5) is 15.3. The van der Waals surface area contributed by atoms with E-state index >= 15 is 4.79 Å². The summed E-state index contributed by atoms with van der Waals surface area (Å²) in [6.45, 7) is 1.88. The van der Waals surface area contributed by atoms with Gasteiger partial charge >= 0.3 is 0 Å². The van der Waals surface area contributed by atoms with Crippen molar-refractivity contribution in [3.63, 3.8) is 0 Å². The fourth-order valence-electron chi connectivity index (χ4n) is 9.02. The van der Waals surface area contributed by atoms with Gasteiger partial charge in [0.05, 0.1) is 41.2 Å². The molecule has 0 fully saturated rings. The number of aryl methyl sites for hydroxylation is 1. The molecular formula is C59H55BrN2O9. The highest BCUT2D eigenvalue weighted by Gasteiger charge is 2.35. The van der Waals surface area contributed by atoms with Gasteiger partial charge in [-0.15, -0.1) is 0 Å². The lowest BCUT2D eigenvalue weighted by Gasteiger charge is -2.24. The van der Waals surface area contributed by atoms with Crippen LogP contribution in [0.1, 0.15) is 38.3 Å². The van der Waals surface area contributed by atoms with Crippen molar-refractivity contribution in [2.45, 2.75) is 39.2 Å². The van der Waals surface area contributed by atoms with Crippen molar-refractivity contribution in [2.75, 3.05) is 42.1 Å². The van der Waals surface area contributed by atoms with Crippen molar-refractivity contribution in [3.8, 4) is 79.5 Å². The molecule has 1 aliphatic rings. The number of halogens is 1. The molecule has 12 heteroatoms. The van der Waals surface area contributed by atoms with Gasteiger partial charge in [0.1, 0.15) is 25.5 Å². The second kappa shape index (κ2) is 22.3. The summed E-state index contributed by atoms with van der Waals surface area (Å²) in [6, 6.07) is 49.7. The van der Waals surface area contributed by atoms with Crippen LogP contribution in [0, 0.1) is 0 Å². The number of nitrogens with zero attached hydrogens (tertiary/aromatic N) is 1. The number of methoxy groups -OCH3 is 5. The first-order valence-corrected chi connectivity index (χ1v) is 24.1. The molecule has 0 atom stereocenters. The summed E-state index contributed by atoms with van der Waals surface area (Å²) in [5.74, 6) is 4.34. The number of nitrogens with one attached hydrogen (secondary N) is 1. The number of hydrogen-bond donors (Lipinski definition) is 1. The van der Waals surface area contributed by atoms with Crippen molar-refractivity contribution in [1.29, 1.82) is 0 Å². The summed E-state index contributed by atoms with van der Waals surface area (Å²) < 4.78 is 51.4. The third-order valence-corrected chi connectivity index (χ3v) is 13.2. The first-order chi connectivity index (χ1) is 34.8. The van der Waals surface area contributed by atoms with Gasteiger partial charge in [-0.1, -0.05) is 119 Å². The Bertz CT molecular complexity index is 3140. The molecule has 0 unspecified atom stereocenters. The third-order valence-electron chi connectivity index (χ3n) is 12.6. The zero-order valence-corrected chi connectivity index (χ0v) is 42.0. The average molecular weight is 1020 g/mol. The fraction of sp³-hybridized carbons (Fsp3) is 0.203. The van der Waals surface area contributed by atoms with E-state index in [0.29, 0.717) is 107 Å². The molecule has 2 heterocycles. The van der Waals surface area contributed by atoms with Gasteiger partial charge in [-0.2, -0.15) is 0 Å². The number of carbonyl (C=O) groups is 1. The average Bonchev–Trinajstić information content (AvgIpc) is 3.77. The standard InChI is InChI=1S/C59H55BrN2O9/c1-64-47-23-21-38(29-49(47)65-2)25-27-61-59(63)58-56(45-33-52(68-5)54(34-46(45)60)71-37-41-19-13-8-14-20-41)55(43-22-24-48(50(31-43)66-3)69-35-39-15-9-6-10-16-39)57-44-32-51(67-4)53(30-42(44)26-28-62(57)58)70-36-40-17-11-7-12-18-40/h6-24,29-34H,25-28,35-37H2,1-5H3,(H,61,63). The molecule has 71 heavy (non-hydrogen) atoms. The smallest absolute Gasteiger partial charge is 0.268 e. The molecule has 0 spiro atoms. The maximum absolute atomic E-state index is 15.3. The summed E-state index contributed by atoms with van der Waals surface area (Å²) in [7, 11) is 8.12. The van der Waals surface area contributed by atoms with Gasteiger partial charge < -0.3 is 47.8 Å². The van der Waals surface area contributed by atoms with Crippen molar-refractivity contribution in [1.82, 2.24) is 9.88 Å². The molecule has 0 saturated heterocycles. The van der Waals surface area contributed by atoms with E-state index < -0.39 is 0 Å². The van der Waals surface area contributed by atoms with Gasteiger partial charge in [0.15, 0.2) is 46.0 Å². The third kappa shape index (κ3) is 10.5. The van der Waals surface area contributed by atoms with Crippen molar-refractivity contribution in [2.24, 2.45) is 0 Å². The van der Waals surface area contributed by atoms with E-state index in [4.69, 9.17) is 37.9 Å². The van der Waals surface area contributed by atoms with Crippen LogP contribution in [0.2, 0.25) is 0 Å². The topological polar surface area (TPSA) is 108 Å². The molecule has 0 saturated carbocycles. The highest BCUT2D eigenvalue weighted by Crippen LogP contribution is 2.53. The van der Waals surface area contributed by atoms with E-state index in [1.165, 1.54) is 0 Å². The number of carbonyl (C=O) groups excluding carboxylic acids is 1. The molecule has 7 aromatic carbocycles. The van der Waals surface area contributed by atoms with Crippen molar-refractivity contribution in [3.05, 3.63) is 190 Å². The zero-order valence-electron chi connectivity index (χ0n) is 40.4. The molecule has 9 rings (SSSR count). The van der Waals surface area contributed by atoms with E-state index in [0.717, 1.165) is 55.8 Å². The number of amides is 1. The van der Waals surface area contributed by atoms with Crippen LogP contribution in [-0.4, -0.2) is 52.6 Å². The Labute approximate surface area is 422 Å². The number of benzene rings is 7. The first kappa shape index (κ1) is 48.2. The normalized spacial score (nSPS) is 11.5. The van der Waals surface area contributed by atoms with Crippen LogP contribution in [0.4, 0.5) is 0 Å². The minimum Gasteiger partial charge on any atom is -0.493 e. The molecule has 1 aliphatic heterocycles. The van der Waals surface area contributed by atoms with Gasteiger partial charge in [0.25, 0.3) is 5.91 Å². The van der Waals surface area contributed by atoms with Crippen LogP contribution in [-0.2, 0) is 39.2 Å². The van der Waals surface area contributed by atoms with E-state index in [1.807, 2.05) is 146 Å². The molecule has 362 valence electrons. The van der Waals surface area contributed by atoms with E-state index in [2.05, 4.69) is 31.9 Å². The highest BCUT2D eigenvalue weighted by molar-refractivity contribution is 9.10. The Kier molecular flexibility index (Phi) is 15.1. The first-order valence-electron chi connectivity index (χ1n) is 23.3. The maximum Gasteiger partial charge on any atom is 0.268 e. The van der Waals surface area contributed by atoms with Crippen molar-refractivity contribution < 1.29 is 42.7 Å². The largest absolute Gasteiger partial charge is 0.493 e. The quantitative estimate of drug-likeness (QED) is 0.0798. The monoisotopic (exact) mass is 1010 g/mol. The number of rotatable bonds is 20. The van der Waals surface area contributed by atoms with Gasteiger partial charge in [-0.25, -0.2) is 0 Å². The Balaban J connectivity index is 1.22. The van der Waals surface area contributed by atoms with Gasteiger partial charge in [0, 0.05) is 39.8 Å². The lowest BCUT2D eigenvalue weighted by Crippen LogP contribution is -2.29. The van der Waals surface area contributed by atoms with Crippen LogP contribution in [0.25, 0.3) is 33.5 Å². The molecule has 1 N–H and O–H groups in total. The Morgan fingerprint density at radius 3 is 1.59 bits per heavy atom. The van der Waals surface area contributed by atoms with Crippen LogP contribution in [0.15, 0.2) is 156 Å². The summed E-state index contributed by atoms with van der Waals surface area (Å²) in [5, 5.41) is 3.30. The molecule has 1 amide bonds. The lowest BCUT2D eigenvalue weighted by atomic mass is 9.89. The zero-order chi connectivity index (χ0) is 49.3. The fourth-order valence-corrected chi connectivity index (χ4v) is 9.54. The Hall–Kier alpha value is -7.83. The minimum absolute atomic E-state index is 0.253. The maximum atomic E-state index is 15.3.